The Morgan fingerprint density at radius 2 is 2.60 bits per heavy atom. The Labute approximate surface area is 28.2 Å². The van der Waals surface area contributed by atoms with Crippen LogP contribution in [-0.2, 0) is 9.73 Å². The SMILES string of the molecule is NON=C=O. The molecule has 0 spiro atoms. The number of carbonyl (C=O) groups excluding carboxylic acids is 1. The second kappa shape index (κ2) is 3.14. The zero-order chi connectivity index (χ0) is 4.12. The molecule has 5 heavy (non-hydrogen) atoms. The smallest absolute Gasteiger partial charge is 0.278 e. The minimum Gasteiger partial charge on any atom is -0.291 e. The first-order valence-electron chi connectivity index (χ1n) is 0.846. The van der Waals surface area contributed by atoms with Crippen molar-refractivity contribution >= 4 is 6.08 Å². The summed E-state index contributed by atoms with van der Waals surface area (Å²) in [5, 5.41) is 2.44. The van der Waals surface area contributed by atoms with Gasteiger partial charge in [0, 0.05) is 5.16 Å². The molecule has 0 saturated carbocycles. The number of nitrogens with zero attached hydrogens (tertiary/aromatic N) is 1. The Hall–Kier alpha value is -0.860. The van der Waals surface area contributed by atoms with Crippen LogP contribution in [-0.4, -0.2) is 6.08 Å². The molecule has 4 heteroatoms. The van der Waals surface area contributed by atoms with Crippen molar-refractivity contribution in [2.45, 2.75) is 0 Å². The van der Waals surface area contributed by atoms with Crippen molar-refractivity contribution in [3.63, 3.8) is 0 Å². The predicted molar refractivity (Wildman–Crippen MR) is 13.4 cm³/mol. The van der Waals surface area contributed by atoms with E-state index in [0.29, 0.717) is 0 Å². The van der Waals surface area contributed by atoms with E-state index in [2.05, 4.69) is 16.0 Å². The third-order valence-electron chi connectivity index (χ3n) is 0.0900. The van der Waals surface area contributed by atoms with E-state index in [1.807, 2.05) is 0 Å². The van der Waals surface area contributed by atoms with Crippen LogP contribution in [0.2, 0.25) is 0 Å². The van der Waals surface area contributed by atoms with Crippen LogP contribution < -0.4 is 5.90 Å². The summed E-state index contributed by atoms with van der Waals surface area (Å²) in [4.78, 5) is 12.3. The Morgan fingerprint density at radius 3 is 2.60 bits per heavy atom. The average Bonchev–Trinajstić information content (AvgIpc) is 1.41. The highest BCUT2D eigenvalue weighted by atomic mass is 16.7. The summed E-state index contributed by atoms with van der Waals surface area (Å²) in [6, 6.07) is 0. The number of isocyanates is 1. The monoisotopic (exact) mass is 74.0 g/mol. The van der Waals surface area contributed by atoms with Crippen molar-refractivity contribution in [2.24, 2.45) is 11.1 Å². The van der Waals surface area contributed by atoms with Gasteiger partial charge in [-0.1, -0.05) is 0 Å². The molecule has 2 N–H and O–H groups in total. The molecular formula is CH2N2O2. The first kappa shape index (κ1) is 4.14. The molecule has 0 bridgehead atoms. The molecule has 0 fully saturated rings. The molecule has 28 valence electrons. The zero-order valence-corrected chi connectivity index (χ0v) is 2.34. The maximum absolute atomic E-state index is 8.91. The fraction of sp³-hybridized carbons (Fsp3) is 0. The van der Waals surface area contributed by atoms with Gasteiger partial charge in [0.25, 0.3) is 6.08 Å². The largest absolute Gasteiger partial charge is 0.291 e. The van der Waals surface area contributed by atoms with Gasteiger partial charge in [-0.05, 0) is 0 Å². The van der Waals surface area contributed by atoms with E-state index in [0.717, 1.165) is 6.08 Å². The van der Waals surface area contributed by atoms with Crippen molar-refractivity contribution in [3.8, 4) is 0 Å². The van der Waals surface area contributed by atoms with Gasteiger partial charge in [0.1, 0.15) is 0 Å². The Bertz CT molecular complexity index is 54.7. The molecule has 0 unspecified atom stereocenters. The lowest BCUT2D eigenvalue weighted by atomic mass is 11.7. The fourth-order valence-corrected chi connectivity index (χ4v) is 0.0215. The summed E-state index contributed by atoms with van der Waals surface area (Å²) in [7, 11) is 0. The minimum absolute atomic E-state index is 1.05. The highest BCUT2D eigenvalue weighted by Crippen LogP contribution is 1.45. The van der Waals surface area contributed by atoms with E-state index >= 15 is 0 Å². The van der Waals surface area contributed by atoms with Crippen LogP contribution in [0, 0.1) is 0 Å². The maximum Gasteiger partial charge on any atom is 0.278 e. The van der Waals surface area contributed by atoms with Crippen LogP contribution in [0.3, 0.4) is 0 Å². The van der Waals surface area contributed by atoms with Crippen LogP contribution in [0.1, 0.15) is 0 Å². The number of nitrogens with two attached hydrogens (primary N) is 1. The van der Waals surface area contributed by atoms with E-state index in [4.69, 9.17) is 4.79 Å². The van der Waals surface area contributed by atoms with Gasteiger partial charge in [0.2, 0.25) is 0 Å². The van der Waals surface area contributed by atoms with E-state index in [1.54, 1.807) is 0 Å². The van der Waals surface area contributed by atoms with Crippen molar-refractivity contribution in [2.75, 3.05) is 0 Å². The molecule has 0 amide bonds. The van der Waals surface area contributed by atoms with E-state index < -0.39 is 0 Å². The first-order valence-corrected chi connectivity index (χ1v) is 0.846. The molecule has 0 rings (SSSR count). The van der Waals surface area contributed by atoms with Crippen LogP contribution in [0.4, 0.5) is 0 Å². The topological polar surface area (TPSA) is 64.7 Å². The Balaban J connectivity index is 2.93. The third kappa shape index (κ3) is 3.14. The first-order chi connectivity index (χ1) is 2.41. The van der Waals surface area contributed by atoms with Gasteiger partial charge in [-0.3, -0.25) is 4.94 Å². The molecule has 0 aromatic heterocycles. The third-order valence-corrected chi connectivity index (χ3v) is 0.0900. The second-order valence-corrected chi connectivity index (χ2v) is 0.288. The minimum atomic E-state index is 1.05. The lowest BCUT2D eigenvalue weighted by Crippen LogP contribution is -1.86. The number of hydrogen-bond donors (Lipinski definition) is 1. The van der Waals surface area contributed by atoms with Gasteiger partial charge >= 0.3 is 0 Å². The van der Waals surface area contributed by atoms with Gasteiger partial charge in [-0.2, -0.15) is 0 Å². The van der Waals surface area contributed by atoms with Gasteiger partial charge in [-0.25, -0.2) is 4.79 Å². The molecule has 0 aliphatic rings. The molecule has 0 radical (unpaired) electrons. The van der Waals surface area contributed by atoms with Crippen LogP contribution in [0.15, 0.2) is 5.16 Å². The maximum atomic E-state index is 8.91. The molecule has 0 saturated heterocycles. The average molecular weight is 74.0 g/mol. The lowest BCUT2D eigenvalue weighted by Gasteiger charge is -1.67. The highest BCUT2D eigenvalue weighted by molar-refractivity contribution is 5.31. The van der Waals surface area contributed by atoms with Gasteiger partial charge in [0.05, 0.1) is 0 Å². The van der Waals surface area contributed by atoms with Crippen molar-refractivity contribution in [1.29, 1.82) is 0 Å². The van der Waals surface area contributed by atoms with Crippen LogP contribution >= 0.6 is 0 Å². The van der Waals surface area contributed by atoms with Gasteiger partial charge < -0.3 is 0 Å². The second-order valence-electron chi connectivity index (χ2n) is 0.288. The molecular weight excluding hydrogens is 72.0 g/mol. The highest BCUT2D eigenvalue weighted by Gasteiger charge is 1.47. The standard InChI is InChI=1S/CH2N2O2/c2-5-3-1-4/h2H2. The summed E-state index contributed by atoms with van der Waals surface area (Å²) in [6.45, 7) is 0. The number of rotatable bonds is 1. The van der Waals surface area contributed by atoms with Crippen molar-refractivity contribution in [1.82, 2.24) is 0 Å². The number of hydrogen-bond acceptors (Lipinski definition) is 4. The van der Waals surface area contributed by atoms with Crippen molar-refractivity contribution in [3.05, 3.63) is 0 Å². The Kier molecular flexibility index (Phi) is 2.60. The molecule has 0 atom stereocenters. The van der Waals surface area contributed by atoms with Crippen molar-refractivity contribution < 1.29 is 9.73 Å². The van der Waals surface area contributed by atoms with E-state index in [9.17, 15) is 0 Å². The molecule has 0 aromatic rings. The van der Waals surface area contributed by atoms with Gasteiger partial charge in [0.15, 0.2) is 0 Å². The fourth-order valence-electron chi connectivity index (χ4n) is 0.0215. The predicted octanol–water partition coefficient (Wildman–Crippen LogP) is -0.873. The van der Waals surface area contributed by atoms with Crippen LogP contribution in [0.5, 0.6) is 0 Å². The van der Waals surface area contributed by atoms with Gasteiger partial charge in [-0.15, -0.1) is 5.90 Å². The van der Waals surface area contributed by atoms with E-state index in [1.165, 1.54) is 0 Å². The lowest BCUT2D eigenvalue weighted by molar-refractivity contribution is 0.148. The summed E-state index contributed by atoms with van der Waals surface area (Å²) in [5.41, 5.74) is 0. The summed E-state index contributed by atoms with van der Waals surface area (Å²) < 4.78 is 0. The molecule has 0 aliphatic heterocycles. The Morgan fingerprint density at radius 1 is 2.00 bits per heavy atom. The summed E-state index contributed by atoms with van der Waals surface area (Å²) in [5.74, 6) is 4.21. The van der Waals surface area contributed by atoms with E-state index in [-0.39, 0.29) is 0 Å². The molecule has 0 aromatic carbocycles. The molecule has 0 aliphatic carbocycles. The summed E-state index contributed by atoms with van der Waals surface area (Å²) >= 11 is 0. The normalized spacial score (nSPS) is 5.00. The zero-order valence-electron chi connectivity index (χ0n) is 2.34. The summed E-state index contributed by atoms with van der Waals surface area (Å²) in [6.07, 6.45) is 1.05. The molecule has 4 nitrogen and oxygen atoms in total. The van der Waals surface area contributed by atoms with Crippen LogP contribution in [0.25, 0.3) is 0 Å². The quantitative estimate of drug-likeness (QED) is 0.250. The molecule has 0 heterocycles.